The first-order valence-corrected chi connectivity index (χ1v) is 41.3. The summed E-state index contributed by atoms with van der Waals surface area (Å²) >= 11 is 7.51. The molecule has 0 bridgehead atoms. The molecule has 0 unspecified atom stereocenters. The Morgan fingerprint density at radius 2 is 0.562 bits per heavy atom. The van der Waals surface area contributed by atoms with Crippen LogP contribution in [0.15, 0.2) is 268 Å². The Hall–Kier alpha value is -13.0. The van der Waals surface area contributed by atoms with Gasteiger partial charge in [0.15, 0.2) is 0 Å². The number of rotatable bonds is 0. The molecule has 0 saturated heterocycles. The highest BCUT2D eigenvalue weighted by molar-refractivity contribution is 7.27. The standard InChI is InChI=1S/4C24H15N3S/c1-2-6-20-16(5-1)22-17-12-14-9-11-25-18-13-15-4-3-10-26-24(15)27(23(14)18)19(17)7-8-21(22)28-20;1-2-6-20-16(5-1)22-17-13-18-23-14(9-11-25-18)12-15-4-3-10-26-24(15)27(23)19(17)7-8-21(22)28-20;1-2-6-20-17(5-1)22-18-11-16-13-25-12-15-10-14-4-3-9-26-24(14)27(23(15)16)19(18)7-8-21(22)28-20;1-2-4-21-16(3-1)23-17-12-18-24-15(8-10-26-18)11-14-7-9-25-13-20(14)27(24)19(17)5-6-22(23)28-21/h2*1-11H,12-13H2;1-9,12-13H,10-11H2;1-10,13H,11-12H2. The lowest BCUT2D eigenvalue weighted by atomic mass is 9.88. The van der Waals surface area contributed by atoms with Crippen LogP contribution in [0.3, 0.4) is 0 Å². The maximum atomic E-state index is 4.80. The Morgan fingerprint density at radius 1 is 0.214 bits per heavy atom. The van der Waals surface area contributed by atoms with Crippen molar-refractivity contribution in [1.82, 2.24) is 39.9 Å². The molecule has 28 rings (SSSR count). The summed E-state index contributed by atoms with van der Waals surface area (Å²) in [5, 5.41) is 10.9. The van der Waals surface area contributed by atoms with Gasteiger partial charge in [0.2, 0.25) is 0 Å². The van der Waals surface area contributed by atoms with Gasteiger partial charge in [-0.15, -0.1) is 45.3 Å². The first-order chi connectivity index (χ1) is 55.5. The third kappa shape index (κ3) is 9.25. The maximum absolute atomic E-state index is 4.80. The van der Waals surface area contributed by atoms with Crippen molar-refractivity contribution in [2.75, 3.05) is 19.6 Å². The summed E-state index contributed by atoms with van der Waals surface area (Å²) in [5.74, 6) is 3.15. The monoisotopic (exact) mass is 1510 g/mol. The zero-order valence-electron chi connectivity index (χ0n) is 60.1. The molecule has 12 aromatic heterocycles. The van der Waals surface area contributed by atoms with E-state index in [2.05, 4.69) is 218 Å². The van der Waals surface area contributed by atoms with Crippen LogP contribution in [0.1, 0.15) is 89.4 Å². The van der Waals surface area contributed by atoms with Gasteiger partial charge in [-0.25, -0.2) is 15.0 Å². The van der Waals surface area contributed by atoms with Gasteiger partial charge in [0.1, 0.15) is 17.5 Å². The van der Waals surface area contributed by atoms with E-state index in [0.717, 1.165) is 80.2 Å². The Labute approximate surface area is 658 Å². The molecule has 0 amide bonds. The van der Waals surface area contributed by atoms with Crippen molar-refractivity contribution in [3.8, 4) is 0 Å². The van der Waals surface area contributed by atoms with E-state index in [9.17, 15) is 0 Å². The van der Waals surface area contributed by atoms with Crippen molar-refractivity contribution in [3.63, 3.8) is 0 Å². The molecule has 8 aliphatic rings. The number of anilines is 12. The molecule has 0 saturated carbocycles. The molecule has 0 N–H and O–H groups in total. The number of aromatic nitrogens is 8. The summed E-state index contributed by atoms with van der Waals surface area (Å²) in [4.78, 5) is 47.1. The van der Waals surface area contributed by atoms with Crippen LogP contribution in [0.4, 0.5) is 68.6 Å². The summed E-state index contributed by atoms with van der Waals surface area (Å²) in [5.41, 5.74) is 32.0. The van der Waals surface area contributed by atoms with Crippen LogP contribution in [0.25, 0.3) is 80.7 Å². The van der Waals surface area contributed by atoms with E-state index >= 15 is 0 Å². The minimum Gasteiger partial charge on any atom is -0.306 e. The van der Waals surface area contributed by atoms with E-state index in [4.69, 9.17) is 29.9 Å². The van der Waals surface area contributed by atoms with Crippen molar-refractivity contribution in [2.24, 2.45) is 0 Å². The predicted molar refractivity (Wildman–Crippen MR) is 461 cm³/mol. The first kappa shape index (κ1) is 62.9. The van der Waals surface area contributed by atoms with Gasteiger partial charge < -0.3 is 4.90 Å². The van der Waals surface area contributed by atoms with Crippen LogP contribution >= 0.6 is 45.3 Å². The molecule has 0 atom stereocenters. The Kier molecular flexibility index (Phi) is 13.6. The van der Waals surface area contributed by atoms with E-state index in [1.165, 1.54) is 210 Å². The third-order valence-corrected chi connectivity index (χ3v) is 28.5. The Morgan fingerprint density at radius 3 is 1.03 bits per heavy atom. The highest BCUT2D eigenvalue weighted by Gasteiger charge is 2.39. The van der Waals surface area contributed by atoms with E-state index in [1.807, 2.05) is 126 Å². The van der Waals surface area contributed by atoms with Crippen molar-refractivity contribution in [3.05, 3.63) is 358 Å². The molecule has 16 heteroatoms. The Bertz CT molecular complexity index is 6620. The second-order valence-corrected chi connectivity index (χ2v) is 34.3. The quantitative estimate of drug-likeness (QED) is 0.144. The molecule has 0 radical (unpaired) electrons. The van der Waals surface area contributed by atoms with E-state index in [1.54, 1.807) is 0 Å². The predicted octanol–water partition coefficient (Wildman–Crippen LogP) is 24.5. The lowest BCUT2D eigenvalue weighted by Crippen LogP contribution is -2.26. The molecular weight excluding hydrogens is 1450 g/mol. The average molecular weight is 1510 g/mol. The molecule has 0 fully saturated rings. The zero-order valence-corrected chi connectivity index (χ0v) is 63.3. The lowest BCUT2D eigenvalue weighted by Gasteiger charge is -2.38. The van der Waals surface area contributed by atoms with Crippen LogP contribution in [0, 0.1) is 0 Å². The average Bonchev–Trinajstić information content (AvgIpc) is 1.74. The van der Waals surface area contributed by atoms with Gasteiger partial charge in [-0.2, -0.15) is 0 Å². The van der Waals surface area contributed by atoms with Gasteiger partial charge in [0.25, 0.3) is 0 Å². The second kappa shape index (κ2) is 24.3. The van der Waals surface area contributed by atoms with Crippen LogP contribution in [-0.2, 0) is 51.4 Å². The number of pyridine rings is 8. The number of hydrogen-bond donors (Lipinski definition) is 0. The zero-order chi connectivity index (χ0) is 73.0. The summed E-state index contributed by atoms with van der Waals surface area (Å²) in [6, 6.07) is 74.5. The highest BCUT2D eigenvalue weighted by Crippen LogP contribution is 2.58. The summed E-state index contributed by atoms with van der Waals surface area (Å²) < 4.78 is 10.8. The van der Waals surface area contributed by atoms with Crippen LogP contribution in [0.5, 0.6) is 0 Å². The van der Waals surface area contributed by atoms with Gasteiger partial charge in [0, 0.05) is 193 Å². The highest BCUT2D eigenvalue weighted by atomic mass is 32.1. The molecule has 12 nitrogen and oxygen atoms in total. The molecule has 20 heterocycles. The van der Waals surface area contributed by atoms with E-state index in [0.29, 0.717) is 0 Å². The molecule has 8 aliphatic heterocycles. The fourth-order valence-electron chi connectivity index (χ4n) is 19.4. The molecule has 112 heavy (non-hydrogen) atoms. The Balaban J connectivity index is 0.0000000847. The summed E-state index contributed by atoms with van der Waals surface area (Å²) in [6.45, 7) is 0. The van der Waals surface area contributed by atoms with Gasteiger partial charge in [0.05, 0.1) is 74.5 Å². The number of benzene rings is 8. The number of nitrogens with zero attached hydrogens (tertiary/aromatic N) is 12. The fourth-order valence-corrected chi connectivity index (χ4v) is 23.9. The SMILES string of the molecule is c1ccc2c(c1)sc1ccc3c(c12)Cc1nccc2c1N3c1cnccc1C2.c1cnc2c(c1)Cc1ccnc3c1N2c1ccc2sc4ccccc4c2c1C3.c1cnc2c(c1)Cc1cncc3c1N2c1ccc2sc4ccccc4c2c1C3.c1cnc2c(c1)Cc1nccc3c1N2c1ccc2sc4ccccc4c2c1C3. The molecule has 0 aliphatic carbocycles. The smallest absolute Gasteiger partial charge is 0.141 e. The van der Waals surface area contributed by atoms with Crippen LogP contribution in [0.2, 0.25) is 0 Å². The number of thiophene rings is 4. The topological polar surface area (TPSA) is 116 Å². The molecular formula is C96H60N12S4. The number of fused-ring (bicyclic) bond motifs is 32. The third-order valence-electron chi connectivity index (χ3n) is 24.0. The minimum absolute atomic E-state index is 0.849. The first-order valence-electron chi connectivity index (χ1n) is 38.1. The van der Waals surface area contributed by atoms with Crippen molar-refractivity contribution in [1.29, 1.82) is 0 Å². The van der Waals surface area contributed by atoms with Crippen molar-refractivity contribution < 1.29 is 0 Å². The van der Waals surface area contributed by atoms with Gasteiger partial charge in [-0.05, 0) is 182 Å². The van der Waals surface area contributed by atoms with Gasteiger partial charge in [-0.3, -0.25) is 39.6 Å². The molecule has 8 aromatic carbocycles. The van der Waals surface area contributed by atoms with E-state index in [-0.39, 0.29) is 0 Å². The van der Waals surface area contributed by atoms with E-state index < -0.39 is 0 Å². The molecule has 20 aromatic rings. The largest absolute Gasteiger partial charge is 0.306 e. The lowest BCUT2D eigenvalue weighted by molar-refractivity contribution is 0.942. The van der Waals surface area contributed by atoms with Crippen molar-refractivity contribution >= 4 is 195 Å². The van der Waals surface area contributed by atoms with Crippen LogP contribution < -0.4 is 19.6 Å². The summed E-state index contributed by atoms with van der Waals surface area (Å²) in [7, 11) is 0. The minimum atomic E-state index is 0.849. The fraction of sp³-hybridized carbons (Fsp3) is 0.0833. The molecule has 528 valence electrons. The maximum Gasteiger partial charge on any atom is 0.141 e. The van der Waals surface area contributed by atoms with Gasteiger partial charge in [-0.1, -0.05) is 91.0 Å². The second-order valence-electron chi connectivity index (χ2n) is 30.0. The van der Waals surface area contributed by atoms with Crippen molar-refractivity contribution in [2.45, 2.75) is 51.4 Å². The number of hydrogen-bond acceptors (Lipinski definition) is 16. The van der Waals surface area contributed by atoms with Crippen LogP contribution in [-0.4, -0.2) is 39.9 Å². The normalized spacial score (nSPS) is 14.1. The molecule has 0 spiro atoms. The summed E-state index contributed by atoms with van der Waals surface area (Å²) in [6.07, 6.45) is 26.8. The van der Waals surface area contributed by atoms with Gasteiger partial charge >= 0.3 is 0 Å².